The van der Waals surface area contributed by atoms with Crippen LogP contribution in [0.3, 0.4) is 0 Å². The van der Waals surface area contributed by atoms with Crippen molar-refractivity contribution in [3.8, 4) is 0 Å². The Balaban J connectivity index is 1.95. The molecule has 0 amide bonds. The van der Waals surface area contributed by atoms with Gasteiger partial charge in [-0.1, -0.05) is 64.7 Å². The van der Waals surface area contributed by atoms with E-state index in [4.69, 9.17) is 24.4 Å². The first-order valence-corrected chi connectivity index (χ1v) is 8.98. The summed E-state index contributed by atoms with van der Waals surface area (Å²) in [7, 11) is 0. The monoisotopic (exact) mass is 328 g/mol. The Morgan fingerprint density at radius 2 is 1.43 bits per heavy atom. The number of H-pyrrole nitrogens is 2. The molecule has 1 aromatic rings. The summed E-state index contributed by atoms with van der Waals surface area (Å²) < 4.78 is 0.935. The Morgan fingerprint density at radius 1 is 0.857 bits per heavy atom. The fourth-order valence-corrected chi connectivity index (χ4v) is 2.75. The average Bonchev–Trinajstić information content (AvgIpc) is 2.44. The quantitative estimate of drug-likeness (QED) is 0.349. The summed E-state index contributed by atoms with van der Waals surface area (Å²) in [5, 5.41) is 3.23. The average molecular weight is 329 g/mol. The van der Waals surface area contributed by atoms with Crippen LogP contribution in [0.25, 0.3) is 0 Å². The molecule has 1 aromatic heterocycles. The predicted octanol–water partition coefficient (Wildman–Crippen LogP) is 5.53. The SMILES string of the molecule is CCCCCCCCCCCCNc1nc(=S)[nH]c(=S)[nH]1. The van der Waals surface area contributed by atoms with Gasteiger partial charge in [-0.25, -0.2) is 0 Å². The largest absolute Gasteiger partial charge is 0.356 e. The second-order valence-corrected chi connectivity index (χ2v) is 6.25. The van der Waals surface area contributed by atoms with Crippen molar-refractivity contribution in [2.75, 3.05) is 11.9 Å². The van der Waals surface area contributed by atoms with E-state index in [-0.39, 0.29) is 0 Å². The zero-order valence-corrected chi connectivity index (χ0v) is 14.7. The number of aromatic amines is 2. The first-order valence-electron chi connectivity index (χ1n) is 8.17. The lowest BCUT2D eigenvalue weighted by molar-refractivity contribution is 0.559. The third kappa shape index (κ3) is 9.74. The molecule has 0 atom stereocenters. The Morgan fingerprint density at radius 3 is 2.00 bits per heavy atom. The minimum absolute atomic E-state index is 0.421. The van der Waals surface area contributed by atoms with Gasteiger partial charge in [0.15, 0.2) is 4.77 Å². The van der Waals surface area contributed by atoms with E-state index in [0.29, 0.717) is 15.5 Å². The van der Waals surface area contributed by atoms with Crippen LogP contribution in [0.4, 0.5) is 5.95 Å². The summed E-state index contributed by atoms with van der Waals surface area (Å²) in [4.78, 5) is 9.87. The number of aromatic nitrogens is 3. The lowest BCUT2D eigenvalue weighted by atomic mass is 10.1. The van der Waals surface area contributed by atoms with Crippen LogP contribution in [0, 0.1) is 9.54 Å². The zero-order valence-electron chi connectivity index (χ0n) is 13.0. The number of rotatable bonds is 12. The molecule has 0 unspecified atom stereocenters. The molecule has 0 spiro atoms. The molecule has 0 aromatic carbocycles. The van der Waals surface area contributed by atoms with Crippen molar-refractivity contribution in [3.63, 3.8) is 0 Å². The van der Waals surface area contributed by atoms with Crippen LogP contribution < -0.4 is 5.32 Å². The third-order valence-corrected chi connectivity index (χ3v) is 3.89. The molecule has 0 aliphatic heterocycles. The molecule has 0 aliphatic rings. The maximum atomic E-state index is 5.02. The molecule has 4 nitrogen and oxygen atoms in total. The van der Waals surface area contributed by atoms with Crippen LogP contribution >= 0.6 is 24.4 Å². The molecule has 1 rings (SSSR count). The van der Waals surface area contributed by atoms with E-state index < -0.39 is 0 Å². The lowest BCUT2D eigenvalue weighted by Gasteiger charge is -2.05. The molecule has 21 heavy (non-hydrogen) atoms. The number of nitrogens with zero attached hydrogens (tertiary/aromatic N) is 1. The molecule has 0 bridgehead atoms. The van der Waals surface area contributed by atoms with Gasteiger partial charge in [-0.2, -0.15) is 4.98 Å². The van der Waals surface area contributed by atoms with Gasteiger partial charge >= 0.3 is 0 Å². The maximum absolute atomic E-state index is 5.02. The number of hydrogen-bond donors (Lipinski definition) is 3. The van der Waals surface area contributed by atoms with Crippen molar-refractivity contribution in [1.29, 1.82) is 0 Å². The van der Waals surface area contributed by atoms with Crippen molar-refractivity contribution in [2.24, 2.45) is 0 Å². The van der Waals surface area contributed by atoms with Gasteiger partial charge in [-0.3, -0.25) is 0 Å². The molecule has 0 radical (unpaired) electrons. The van der Waals surface area contributed by atoms with Gasteiger partial charge in [0, 0.05) is 6.54 Å². The minimum Gasteiger partial charge on any atom is -0.356 e. The van der Waals surface area contributed by atoms with Crippen LogP contribution in [0.5, 0.6) is 0 Å². The summed E-state index contributed by atoms with van der Waals surface area (Å²) in [5.41, 5.74) is 0. The standard InChI is InChI=1S/C15H28N4S2/c1-2-3-4-5-6-7-8-9-10-11-12-16-13-17-14(20)19-15(21)18-13/h2-12H2,1H3,(H3,16,17,18,19,20,21). The Hall–Kier alpha value is -0.750. The first kappa shape index (κ1) is 18.3. The van der Waals surface area contributed by atoms with E-state index in [0.717, 1.165) is 13.0 Å². The fourth-order valence-electron chi connectivity index (χ4n) is 2.30. The number of hydrogen-bond acceptors (Lipinski definition) is 4. The van der Waals surface area contributed by atoms with Crippen LogP contribution in [-0.2, 0) is 0 Å². The summed E-state index contributed by atoms with van der Waals surface area (Å²) in [6, 6.07) is 0. The van der Waals surface area contributed by atoms with Gasteiger partial charge in [0.2, 0.25) is 10.7 Å². The highest BCUT2D eigenvalue weighted by Gasteiger charge is 1.95. The molecule has 6 heteroatoms. The van der Waals surface area contributed by atoms with Crippen molar-refractivity contribution in [3.05, 3.63) is 9.54 Å². The van der Waals surface area contributed by atoms with Crippen molar-refractivity contribution < 1.29 is 0 Å². The molecule has 1 heterocycles. The van der Waals surface area contributed by atoms with Gasteiger partial charge in [-0.15, -0.1) is 0 Å². The molecular weight excluding hydrogens is 300 g/mol. The van der Waals surface area contributed by atoms with E-state index in [1.165, 1.54) is 57.8 Å². The Labute approximate surface area is 138 Å². The molecule has 120 valence electrons. The lowest BCUT2D eigenvalue weighted by Crippen LogP contribution is -2.06. The van der Waals surface area contributed by atoms with Crippen LogP contribution in [0.1, 0.15) is 71.1 Å². The highest BCUT2D eigenvalue weighted by Crippen LogP contribution is 2.10. The Bertz CT molecular complexity index is 453. The fraction of sp³-hybridized carbons (Fsp3) is 0.800. The van der Waals surface area contributed by atoms with Crippen molar-refractivity contribution >= 4 is 30.4 Å². The highest BCUT2D eigenvalue weighted by molar-refractivity contribution is 7.71. The van der Waals surface area contributed by atoms with Gasteiger partial charge in [0.05, 0.1) is 0 Å². The zero-order chi connectivity index (χ0) is 15.3. The molecule has 3 N–H and O–H groups in total. The predicted molar refractivity (Wildman–Crippen MR) is 94.9 cm³/mol. The summed E-state index contributed by atoms with van der Waals surface area (Å²) in [5.74, 6) is 0.666. The summed E-state index contributed by atoms with van der Waals surface area (Å²) >= 11 is 10.00. The number of anilines is 1. The Kier molecular flexibility index (Phi) is 10.3. The second-order valence-electron chi connectivity index (χ2n) is 5.45. The normalized spacial score (nSPS) is 10.7. The molecule has 0 saturated heterocycles. The van der Waals surface area contributed by atoms with Crippen molar-refractivity contribution in [1.82, 2.24) is 15.0 Å². The van der Waals surface area contributed by atoms with E-state index in [9.17, 15) is 0 Å². The van der Waals surface area contributed by atoms with Crippen LogP contribution in [0.2, 0.25) is 0 Å². The van der Waals surface area contributed by atoms with Gasteiger partial charge in [0.25, 0.3) is 0 Å². The van der Waals surface area contributed by atoms with Gasteiger partial charge < -0.3 is 15.3 Å². The summed E-state index contributed by atoms with van der Waals surface area (Å²) in [6.45, 7) is 3.17. The maximum Gasteiger partial charge on any atom is 0.205 e. The molecule has 0 fully saturated rings. The molecular formula is C15H28N4S2. The highest BCUT2D eigenvalue weighted by atomic mass is 32.1. The number of unbranched alkanes of at least 4 members (excludes halogenated alkanes) is 9. The molecule has 0 saturated carbocycles. The van der Waals surface area contributed by atoms with Gasteiger partial charge in [-0.05, 0) is 30.9 Å². The minimum atomic E-state index is 0.421. The topological polar surface area (TPSA) is 56.5 Å². The van der Waals surface area contributed by atoms with Crippen molar-refractivity contribution in [2.45, 2.75) is 71.1 Å². The first-order chi connectivity index (χ1) is 10.2. The smallest absolute Gasteiger partial charge is 0.205 e. The second kappa shape index (κ2) is 11.9. The molecule has 0 aliphatic carbocycles. The van der Waals surface area contributed by atoms with Crippen LogP contribution in [-0.4, -0.2) is 21.5 Å². The number of nitrogens with one attached hydrogen (secondary N) is 3. The van der Waals surface area contributed by atoms with E-state index in [2.05, 4.69) is 27.2 Å². The summed E-state index contributed by atoms with van der Waals surface area (Å²) in [6.07, 6.45) is 13.5. The van der Waals surface area contributed by atoms with E-state index in [1.54, 1.807) is 0 Å². The van der Waals surface area contributed by atoms with E-state index >= 15 is 0 Å². The van der Waals surface area contributed by atoms with E-state index in [1.807, 2.05) is 0 Å². The van der Waals surface area contributed by atoms with Gasteiger partial charge in [0.1, 0.15) is 0 Å². The van der Waals surface area contributed by atoms with Crippen LogP contribution in [0.15, 0.2) is 0 Å². The third-order valence-electron chi connectivity index (χ3n) is 3.49.